The normalized spacial score (nSPS) is 14.0. The number of benzene rings is 2. The Kier molecular flexibility index (Phi) is 5.47. The Labute approximate surface area is 186 Å². The number of morpholine rings is 1. The van der Waals surface area contributed by atoms with Crippen LogP contribution in [0.1, 0.15) is 0 Å². The number of rotatable bonds is 4. The Bertz CT molecular complexity index is 1400. The summed E-state index contributed by atoms with van der Waals surface area (Å²) in [6, 6.07) is 13.9. The lowest BCUT2D eigenvalue weighted by molar-refractivity contribution is 0.122. The second-order valence-electron chi connectivity index (χ2n) is 7.61. The van der Waals surface area contributed by atoms with Gasteiger partial charge in [0.05, 0.1) is 24.3 Å². The first-order chi connectivity index (χ1) is 16.0. The molecular weight excluding hydrogens is 433 g/mol. The zero-order valence-electron chi connectivity index (χ0n) is 17.4. The number of ether oxygens (including phenoxy) is 1. The monoisotopic (exact) mass is 452 g/mol. The van der Waals surface area contributed by atoms with Crippen LogP contribution in [-0.4, -0.2) is 35.9 Å². The SMILES string of the molecule is O=c1cc(Nc2cccc(F)c2)n(-c2cccc(F)c2)c2nc(N3CCOCC3)c(F)cc12. The van der Waals surface area contributed by atoms with Crippen molar-refractivity contribution in [1.82, 2.24) is 9.55 Å². The highest BCUT2D eigenvalue weighted by atomic mass is 19.1. The van der Waals surface area contributed by atoms with E-state index in [1.165, 1.54) is 47.0 Å². The van der Waals surface area contributed by atoms with Crippen LogP contribution >= 0.6 is 0 Å². The van der Waals surface area contributed by atoms with Gasteiger partial charge in [-0.2, -0.15) is 0 Å². The van der Waals surface area contributed by atoms with Crippen molar-refractivity contribution in [2.75, 3.05) is 36.5 Å². The van der Waals surface area contributed by atoms with E-state index < -0.39 is 22.9 Å². The average molecular weight is 452 g/mol. The quantitative estimate of drug-likeness (QED) is 0.498. The van der Waals surface area contributed by atoms with E-state index in [-0.39, 0.29) is 22.7 Å². The molecule has 4 aromatic rings. The molecule has 1 aliphatic rings. The summed E-state index contributed by atoms with van der Waals surface area (Å²) in [5.41, 5.74) is 0.423. The molecule has 1 aliphatic heterocycles. The zero-order chi connectivity index (χ0) is 22.9. The maximum atomic E-state index is 15.0. The number of nitrogens with zero attached hydrogens (tertiary/aromatic N) is 3. The number of halogens is 3. The smallest absolute Gasteiger partial charge is 0.193 e. The largest absolute Gasteiger partial charge is 0.378 e. The van der Waals surface area contributed by atoms with Crippen molar-refractivity contribution >= 4 is 28.4 Å². The lowest BCUT2D eigenvalue weighted by Gasteiger charge is -2.28. The van der Waals surface area contributed by atoms with Gasteiger partial charge in [-0.05, 0) is 42.5 Å². The molecule has 1 N–H and O–H groups in total. The predicted octanol–water partition coefficient (Wildman–Crippen LogP) is 4.38. The van der Waals surface area contributed by atoms with Gasteiger partial charge in [-0.3, -0.25) is 9.36 Å². The van der Waals surface area contributed by atoms with Gasteiger partial charge in [0.2, 0.25) is 0 Å². The fourth-order valence-corrected chi connectivity index (χ4v) is 3.88. The van der Waals surface area contributed by atoms with Crippen molar-refractivity contribution in [3.05, 3.63) is 88.3 Å². The number of pyridine rings is 2. The van der Waals surface area contributed by atoms with Gasteiger partial charge in [0.1, 0.15) is 17.5 Å². The van der Waals surface area contributed by atoms with Crippen molar-refractivity contribution in [2.24, 2.45) is 0 Å². The molecule has 0 unspecified atom stereocenters. The van der Waals surface area contributed by atoms with Gasteiger partial charge in [-0.15, -0.1) is 0 Å². The van der Waals surface area contributed by atoms with E-state index in [1.807, 2.05) is 0 Å². The van der Waals surface area contributed by atoms with Gasteiger partial charge in [0, 0.05) is 24.8 Å². The van der Waals surface area contributed by atoms with Gasteiger partial charge < -0.3 is 15.0 Å². The summed E-state index contributed by atoms with van der Waals surface area (Å²) in [7, 11) is 0. The highest BCUT2D eigenvalue weighted by molar-refractivity contribution is 5.82. The predicted molar refractivity (Wildman–Crippen MR) is 120 cm³/mol. The van der Waals surface area contributed by atoms with Gasteiger partial charge >= 0.3 is 0 Å². The van der Waals surface area contributed by atoms with Crippen molar-refractivity contribution in [3.8, 4) is 5.69 Å². The van der Waals surface area contributed by atoms with Crippen LogP contribution in [0.5, 0.6) is 0 Å². The molecule has 1 saturated heterocycles. The van der Waals surface area contributed by atoms with Gasteiger partial charge in [-0.25, -0.2) is 18.2 Å². The number of hydrogen-bond acceptors (Lipinski definition) is 5. The van der Waals surface area contributed by atoms with Crippen LogP contribution in [0, 0.1) is 17.5 Å². The van der Waals surface area contributed by atoms with E-state index in [0.717, 1.165) is 6.07 Å². The third kappa shape index (κ3) is 4.14. The van der Waals surface area contributed by atoms with E-state index >= 15 is 0 Å². The maximum Gasteiger partial charge on any atom is 0.193 e. The van der Waals surface area contributed by atoms with Crippen LogP contribution in [0.3, 0.4) is 0 Å². The first-order valence-electron chi connectivity index (χ1n) is 10.4. The Morgan fingerprint density at radius 3 is 2.36 bits per heavy atom. The van der Waals surface area contributed by atoms with Crippen LogP contribution in [0.4, 0.5) is 30.5 Å². The molecule has 5 rings (SSSR count). The second-order valence-corrected chi connectivity index (χ2v) is 7.61. The summed E-state index contributed by atoms with van der Waals surface area (Å²) in [5, 5.41) is 3.05. The van der Waals surface area contributed by atoms with Crippen molar-refractivity contribution < 1.29 is 17.9 Å². The highest BCUT2D eigenvalue weighted by Gasteiger charge is 2.21. The van der Waals surface area contributed by atoms with E-state index in [2.05, 4.69) is 10.3 Å². The van der Waals surface area contributed by atoms with Crippen LogP contribution in [0.2, 0.25) is 0 Å². The molecule has 0 amide bonds. The minimum atomic E-state index is -0.627. The lowest BCUT2D eigenvalue weighted by Crippen LogP contribution is -2.37. The van der Waals surface area contributed by atoms with Crippen molar-refractivity contribution in [2.45, 2.75) is 0 Å². The molecule has 0 atom stereocenters. The number of fused-ring (bicyclic) bond motifs is 1. The number of aromatic nitrogens is 2. The Morgan fingerprint density at radius 2 is 1.64 bits per heavy atom. The second kappa shape index (κ2) is 8.59. The summed E-state index contributed by atoms with van der Waals surface area (Å²) in [4.78, 5) is 19.2. The third-order valence-electron chi connectivity index (χ3n) is 5.40. The molecule has 33 heavy (non-hydrogen) atoms. The van der Waals surface area contributed by atoms with Crippen molar-refractivity contribution in [3.63, 3.8) is 0 Å². The molecule has 0 aliphatic carbocycles. The number of anilines is 3. The molecule has 0 saturated carbocycles. The topological polar surface area (TPSA) is 59.4 Å². The van der Waals surface area contributed by atoms with Crippen LogP contribution in [0.25, 0.3) is 16.7 Å². The van der Waals surface area contributed by atoms with Gasteiger partial charge in [0.15, 0.2) is 22.7 Å². The standard InChI is InChI=1S/C24H19F3N4O2/c25-15-3-1-5-17(11-15)28-22-14-21(32)19-13-20(27)24(30-7-9-33-10-8-30)29-23(19)31(22)18-6-2-4-16(26)12-18/h1-6,11-14,28H,7-10H2. The fourth-order valence-electron chi connectivity index (χ4n) is 3.88. The molecular formula is C24H19F3N4O2. The van der Waals surface area contributed by atoms with E-state index in [4.69, 9.17) is 4.74 Å². The molecule has 6 nitrogen and oxygen atoms in total. The van der Waals surface area contributed by atoms with Crippen LogP contribution in [-0.2, 0) is 4.74 Å². The molecule has 1 fully saturated rings. The molecule has 2 aromatic carbocycles. The van der Waals surface area contributed by atoms with Crippen LogP contribution < -0.4 is 15.6 Å². The first-order valence-corrected chi connectivity index (χ1v) is 10.4. The minimum absolute atomic E-state index is 0.0403. The van der Waals surface area contributed by atoms with E-state index in [0.29, 0.717) is 37.7 Å². The molecule has 0 spiro atoms. The summed E-state index contributed by atoms with van der Waals surface area (Å²) in [6.45, 7) is 1.75. The molecule has 9 heteroatoms. The highest BCUT2D eigenvalue weighted by Crippen LogP contribution is 2.28. The average Bonchev–Trinajstić information content (AvgIpc) is 2.80. The fraction of sp³-hybridized carbons (Fsp3) is 0.167. The zero-order valence-corrected chi connectivity index (χ0v) is 17.4. The number of nitrogens with one attached hydrogen (secondary N) is 1. The molecule has 0 bridgehead atoms. The summed E-state index contributed by atoms with van der Waals surface area (Å²) in [5.74, 6) is -1.27. The Hall–Kier alpha value is -3.85. The molecule has 0 radical (unpaired) electrons. The summed E-state index contributed by atoms with van der Waals surface area (Å²) >= 11 is 0. The van der Waals surface area contributed by atoms with E-state index in [1.54, 1.807) is 17.0 Å². The molecule has 3 heterocycles. The Balaban J connectivity index is 1.77. The molecule has 2 aromatic heterocycles. The van der Waals surface area contributed by atoms with Crippen molar-refractivity contribution in [1.29, 1.82) is 0 Å². The maximum absolute atomic E-state index is 15.0. The Morgan fingerprint density at radius 1 is 0.909 bits per heavy atom. The van der Waals surface area contributed by atoms with Gasteiger partial charge in [-0.1, -0.05) is 12.1 Å². The minimum Gasteiger partial charge on any atom is -0.378 e. The third-order valence-corrected chi connectivity index (χ3v) is 5.40. The summed E-state index contributed by atoms with van der Waals surface area (Å²) < 4.78 is 49.7. The van der Waals surface area contributed by atoms with E-state index in [9.17, 15) is 18.0 Å². The lowest BCUT2D eigenvalue weighted by atomic mass is 10.2. The molecule has 168 valence electrons. The first kappa shape index (κ1) is 21.0. The van der Waals surface area contributed by atoms with Crippen LogP contribution in [0.15, 0.2) is 65.5 Å². The summed E-state index contributed by atoms with van der Waals surface area (Å²) in [6.07, 6.45) is 0. The number of hydrogen-bond donors (Lipinski definition) is 1. The van der Waals surface area contributed by atoms with Gasteiger partial charge in [0.25, 0.3) is 0 Å².